The van der Waals surface area contributed by atoms with Crippen molar-refractivity contribution in [3.05, 3.63) is 62.9 Å². The van der Waals surface area contributed by atoms with E-state index in [0.29, 0.717) is 29.6 Å². The molecule has 1 amide bonds. The van der Waals surface area contributed by atoms with Gasteiger partial charge in [-0.1, -0.05) is 29.0 Å². The molecule has 4 rings (SSSR count). The third-order valence-electron chi connectivity index (χ3n) is 5.99. The van der Waals surface area contributed by atoms with Crippen LogP contribution in [0.5, 0.6) is 0 Å². The van der Waals surface area contributed by atoms with E-state index in [2.05, 4.69) is 4.99 Å². The molecule has 13 heteroatoms. The van der Waals surface area contributed by atoms with E-state index in [1.807, 2.05) is 6.92 Å². The first-order valence-electron chi connectivity index (χ1n) is 11.1. The number of nitro benzene ring substituents is 1. The molecule has 0 aliphatic carbocycles. The van der Waals surface area contributed by atoms with Crippen LogP contribution in [0.3, 0.4) is 0 Å². The van der Waals surface area contributed by atoms with Crippen molar-refractivity contribution < 1.29 is 27.7 Å². The number of sulfonamides is 1. The van der Waals surface area contributed by atoms with Crippen LogP contribution >= 0.6 is 11.3 Å². The molecule has 3 aromatic rings. The van der Waals surface area contributed by atoms with E-state index in [1.165, 1.54) is 34.2 Å². The Morgan fingerprint density at radius 2 is 1.94 bits per heavy atom. The van der Waals surface area contributed by atoms with Gasteiger partial charge < -0.3 is 9.30 Å². The number of ether oxygens (including phenoxy) is 1. The highest BCUT2D eigenvalue weighted by Gasteiger charge is 2.33. The van der Waals surface area contributed by atoms with E-state index in [0.717, 1.165) is 16.9 Å². The average Bonchev–Trinajstić information content (AvgIpc) is 3.20. The molecule has 0 bridgehead atoms. The molecule has 1 aromatic heterocycles. The van der Waals surface area contributed by atoms with Crippen molar-refractivity contribution in [3.63, 3.8) is 0 Å². The van der Waals surface area contributed by atoms with Crippen molar-refractivity contribution in [2.24, 2.45) is 10.9 Å². The number of benzene rings is 2. The molecule has 1 unspecified atom stereocenters. The number of rotatable bonds is 6. The van der Waals surface area contributed by atoms with Crippen LogP contribution in [-0.2, 0) is 30.9 Å². The standard InChI is InChI=1S/C23H24N4O7S2/c1-15-5-8-18(9-6-15)36(32,33)25-11-3-4-16(13-25)22(29)24-23-26(14-21(28)34-2)19-10-7-17(27(30)31)12-20(19)35-23/h5-10,12,16H,3-4,11,13-14H2,1-2H3. The van der Waals surface area contributed by atoms with Crippen LogP contribution in [0.15, 0.2) is 52.4 Å². The van der Waals surface area contributed by atoms with Gasteiger partial charge in [0.15, 0.2) is 4.80 Å². The molecule has 1 fully saturated rings. The minimum Gasteiger partial charge on any atom is -0.468 e. The molecule has 1 aliphatic rings. The zero-order valence-corrected chi connectivity index (χ0v) is 21.3. The Morgan fingerprint density at radius 3 is 2.61 bits per heavy atom. The maximum Gasteiger partial charge on any atom is 0.325 e. The first kappa shape index (κ1) is 25.7. The second-order valence-electron chi connectivity index (χ2n) is 8.42. The van der Waals surface area contributed by atoms with Crippen LogP contribution < -0.4 is 4.80 Å². The Hall–Kier alpha value is -3.42. The number of non-ortho nitro benzene ring substituents is 1. The SMILES string of the molecule is COC(=O)Cn1c(=NC(=O)C2CCCN(S(=O)(=O)c3ccc(C)cc3)C2)sc2cc([N+](=O)[O-])ccc21. The lowest BCUT2D eigenvalue weighted by molar-refractivity contribution is -0.384. The van der Waals surface area contributed by atoms with Gasteiger partial charge >= 0.3 is 5.97 Å². The van der Waals surface area contributed by atoms with Gasteiger partial charge in [0.1, 0.15) is 6.54 Å². The van der Waals surface area contributed by atoms with Crippen molar-refractivity contribution in [3.8, 4) is 0 Å². The first-order chi connectivity index (χ1) is 17.1. The number of methoxy groups -OCH3 is 1. The molecule has 2 heterocycles. The molecular weight excluding hydrogens is 508 g/mol. The highest BCUT2D eigenvalue weighted by Crippen LogP contribution is 2.26. The predicted octanol–water partition coefficient (Wildman–Crippen LogP) is 2.62. The molecule has 11 nitrogen and oxygen atoms in total. The molecule has 2 aromatic carbocycles. The number of nitro groups is 1. The van der Waals surface area contributed by atoms with Gasteiger partial charge in [-0.15, -0.1) is 0 Å². The topological polar surface area (TPSA) is 141 Å². The van der Waals surface area contributed by atoms with Gasteiger partial charge in [-0.05, 0) is 38.0 Å². The number of fused-ring (bicyclic) bond motifs is 1. The summed E-state index contributed by atoms with van der Waals surface area (Å²) in [5, 5.41) is 11.2. The smallest absolute Gasteiger partial charge is 0.325 e. The maximum absolute atomic E-state index is 13.2. The van der Waals surface area contributed by atoms with Gasteiger partial charge in [0.05, 0.1) is 33.1 Å². The van der Waals surface area contributed by atoms with E-state index in [-0.39, 0.29) is 28.5 Å². The van der Waals surface area contributed by atoms with Crippen molar-refractivity contribution in [1.82, 2.24) is 8.87 Å². The summed E-state index contributed by atoms with van der Waals surface area (Å²) >= 11 is 1.04. The molecule has 1 atom stereocenters. The zero-order chi connectivity index (χ0) is 26.0. The third-order valence-corrected chi connectivity index (χ3v) is 8.91. The van der Waals surface area contributed by atoms with E-state index < -0.39 is 32.7 Å². The minimum absolute atomic E-state index is 0.00802. The maximum atomic E-state index is 13.2. The summed E-state index contributed by atoms with van der Waals surface area (Å²) in [6, 6.07) is 10.7. The minimum atomic E-state index is -3.77. The molecule has 0 radical (unpaired) electrons. The van der Waals surface area contributed by atoms with Gasteiger partial charge in [-0.3, -0.25) is 19.7 Å². The number of piperidine rings is 1. The van der Waals surface area contributed by atoms with Crippen molar-refractivity contribution >= 4 is 49.1 Å². The van der Waals surface area contributed by atoms with Gasteiger partial charge in [0.2, 0.25) is 10.0 Å². The van der Waals surface area contributed by atoms with Crippen LogP contribution in [0.2, 0.25) is 0 Å². The molecule has 190 valence electrons. The molecule has 0 spiro atoms. The zero-order valence-electron chi connectivity index (χ0n) is 19.6. The predicted molar refractivity (Wildman–Crippen MR) is 132 cm³/mol. The Balaban J connectivity index is 1.66. The lowest BCUT2D eigenvalue weighted by Gasteiger charge is -2.30. The summed E-state index contributed by atoms with van der Waals surface area (Å²) in [5.41, 5.74) is 1.30. The molecule has 0 saturated carbocycles. The fraction of sp³-hybridized carbons (Fsp3) is 0.348. The molecular formula is C23H24N4O7S2. The van der Waals surface area contributed by atoms with Crippen LogP contribution in [0.4, 0.5) is 5.69 Å². The van der Waals surface area contributed by atoms with Crippen molar-refractivity contribution in [1.29, 1.82) is 0 Å². The second-order valence-corrected chi connectivity index (χ2v) is 11.4. The van der Waals surface area contributed by atoms with Crippen LogP contribution in [0.25, 0.3) is 10.2 Å². The van der Waals surface area contributed by atoms with Crippen LogP contribution in [0, 0.1) is 23.0 Å². The normalized spacial score (nSPS) is 17.3. The van der Waals surface area contributed by atoms with Gasteiger partial charge in [0.25, 0.3) is 11.6 Å². The Morgan fingerprint density at radius 1 is 1.22 bits per heavy atom. The number of aromatic nitrogens is 1. The average molecular weight is 533 g/mol. The van der Waals surface area contributed by atoms with Gasteiger partial charge in [-0.2, -0.15) is 9.30 Å². The van der Waals surface area contributed by atoms with Crippen molar-refractivity contribution in [2.45, 2.75) is 31.2 Å². The fourth-order valence-electron chi connectivity index (χ4n) is 4.01. The summed E-state index contributed by atoms with van der Waals surface area (Å²) in [4.78, 5) is 40.4. The van der Waals surface area contributed by atoms with E-state index >= 15 is 0 Å². The van der Waals surface area contributed by atoms with E-state index in [9.17, 15) is 28.1 Å². The highest BCUT2D eigenvalue weighted by atomic mass is 32.2. The molecule has 0 N–H and O–H groups in total. The van der Waals surface area contributed by atoms with Crippen molar-refractivity contribution in [2.75, 3.05) is 20.2 Å². The van der Waals surface area contributed by atoms with Crippen LogP contribution in [0.1, 0.15) is 18.4 Å². The second kappa shape index (κ2) is 10.3. The lowest BCUT2D eigenvalue weighted by atomic mass is 9.99. The molecule has 36 heavy (non-hydrogen) atoms. The number of carbonyl (C=O) groups excluding carboxylic acids is 2. The molecule has 1 saturated heterocycles. The number of esters is 1. The largest absolute Gasteiger partial charge is 0.468 e. The fourth-order valence-corrected chi connectivity index (χ4v) is 6.61. The summed E-state index contributed by atoms with van der Waals surface area (Å²) in [6.07, 6.45) is 0.966. The number of hydrogen-bond donors (Lipinski definition) is 0. The summed E-state index contributed by atoms with van der Waals surface area (Å²) < 4.78 is 34.2. The summed E-state index contributed by atoms with van der Waals surface area (Å²) in [7, 11) is -2.54. The number of aryl methyl sites for hydroxylation is 1. The highest BCUT2D eigenvalue weighted by molar-refractivity contribution is 7.89. The van der Waals surface area contributed by atoms with Gasteiger partial charge in [-0.25, -0.2) is 8.42 Å². The first-order valence-corrected chi connectivity index (χ1v) is 13.4. The Kier molecular flexibility index (Phi) is 7.33. The number of nitrogens with zero attached hydrogens (tertiary/aromatic N) is 4. The van der Waals surface area contributed by atoms with Gasteiger partial charge in [0, 0.05) is 25.2 Å². The summed E-state index contributed by atoms with van der Waals surface area (Å²) in [6.45, 7) is 1.92. The van der Waals surface area contributed by atoms with E-state index in [1.54, 1.807) is 24.3 Å². The lowest BCUT2D eigenvalue weighted by Crippen LogP contribution is -2.42. The molecule has 1 aliphatic heterocycles. The quantitative estimate of drug-likeness (QED) is 0.270. The van der Waals surface area contributed by atoms with Crippen LogP contribution in [-0.4, -0.2) is 54.3 Å². The summed E-state index contributed by atoms with van der Waals surface area (Å²) in [5.74, 6) is -1.75. The number of carbonyl (C=O) groups is 2. The Labute approximate surface area is 210 Å². The van der Waals surface area contributed by atoms with E-state index in [4.69, 9.17) is 4.74 Å². The monoisotopic (exact) mass is 532 g/mol. The Bertz CT molecular complexity index is 1510. The number of amides is 1. The third kappa shape index (κ3) is 5.22. The number of hydrogen-bond acceptors (Lipinski definition) is 8. The number of thiazole rings is 1.